The van der Waals surface area contributed by atoms with Gasteiger partial charge in [-0.15, -0.1) is 0 Å². The molecule has 0 bridgehead atoms. The number of aromatic nitrogens is 1. The van der Waals surface area contributed by atoms with Crippen molar-refractivity contribution < 1.29 is 0 Å². The van der Waals surface area contributed by atoms with Crippen LogP contribution in [0.2, 0.25) is 5.15 Å². The summed E-state index contributed by atoms with van der Waals surface area (Å²) in [5.74, 6) is 0. The molecule has 0 saturated heterocycles. The summed E-state index contributed by atoms with van der Waals surface area (Å²) in [6.07, 6.45) is 0. The average Bonchev–Trinajstić information content (AvgIpc) is 2.16. The van der Waals surface area contributed by atoms with Gasteiger partial charge in [-0.05, 0) is 11.5 Å². The number of pyridine rings is 1. The highest BCUT2D eigenvalue weighted by atomic mass is 35.5. The van der Waals surface area contributed by atoms with Gasteiger partial charge in [-0.3, -0.25) is 0 Å². The van der Waals surface area contributed by atoms with Gasteiger partial charge in [0, 0.05) is 16.5 Å². The first-order valence-electron chi connectivity index (χ1n) is 5.04. The predicted octanol–water partition coefficient (Wildman–Crippen LogP) is 4.19. The Bertz CT molecular complexity index is 497. The Balaban J connectivity index is 2.73. The second-order valence-corrected chi connectivity index (χ2v) is 5.13. The Morgan fingerprint density at radius 1 is 1.13 bits per heavy atom. The van der Waals surface area contributed by atoms with Crippen LogP contribution in [0.3, 0.4) is 0 Å². The van der Waals surface area contributed by atoms with E-state index in [0.717, 1.165) is 16.5 Å². The van der Waals surface area contributed by atoms with E-state index in [2.05, 4.69) is 37.9 Å². The summed E-state index contributed by atoms with van der Waals surface area (Å²) in [5.41, 5.74) is 1.07. The Hall–Kier alpha value is -1.08. The van der Waals surface area contributed by atoms with Crippen molar-refractivity contribution in [1.82, 2.24) is 4.98 Å². The third-order valence-electron chi connectivity index (χ3n) is 2.46. The molecule has 0 unspecified atom stereocenters. The molecule has 0 aliphatic carbocycles. The molecule has 1 aromatic heterocycles. The van der Waals surface area contributed by atoms with Gasteiger partial charge in [-0.1, -0.05) is 56.6 Å². The van der Waals surface area contributed by atoms with Gasteiger partial charge >= 0.3 is 0 Å². The number of nitrogens with zero attached hydrogens (tertiary/aromatic N) is 1. The van der Waals surface area contributed by atoms with Crippen LogP contribution in [0.4, 0.5) is 0 Å². The highest BCUT2D eigenvalue weighted by Crippen LogP contribution is 2.28. The largest absolute Gasteiger partial charge is 0.240 e. The number of benzene rings is 1. The number of fused-ring (bicyclic) bond motifs is 1. The molecule has 0 radical (unpaired) electrons. The van der Waals surface area contributed by atoms with E-state index in [9.17, 15) is 0 Å². The Morgan fingerprint density at radius 2 is 1.80 bits per heavy atom. The van der Waals surface area contributed by atoms with E-state index in [1.165, 1.54) is 0 Å². The van der Waals surface area contributed by atoms with Crippen molar-refractivity contribution in [2.45, 2.75) is 26.2 Å². The second kappa shape index (κ2) is 3.49. The third-order valence-corrected chi connectivity index (χ3v) is 2.75. The van der Waals surface area contributed by atoms with Crippen LogP contribution < -0.4 is 0 Å². The van der Waals surface area contributed by atoms with Crippen LogP contribution >= 0.6 is 11.6 Å². The van der Waals surface area contributed by atoms with Gasteiger partial charge in [0.1, 0.15) is 5.15 Å². The summed E-state index contributed by atoms with van der Waals surface area (Å²) < 4.78 is 0. The fourth-order valence-corrected chi connectivity index (χ4v) is 1.80. The smallest absolute Gasteiger partial charge is 0.137 e. The summed E-state index contributed by atoms with van der Waals surface area (Å²) in [6, 6.07) is 10.2. The third kappa shape index (κ3) is 1.98. The lowest BCUT2D eigenvalue weighted by molar-refractivity contribution is 0.570. The molecule has 15 heavy (non-hydrogen) atoms. The van der Waals surface area contributed by atoms with E-state index in [1.54, 1.807) is 0 Å². The molecule has 0 atom stereocenters. The Labute approximate surface area is 95.1 Å². The van der Waals surface area contributed by atoms with Crippen molar-refractivity contribution in [3.63, 3.8) is 0 Å². The molecule has 0 spiro atoms. The van der Waals surface area contributed by atoms with Crippen LogP contribution in [-0.2, 0) is 5.41 Å². The van der Waals surface area contributed by atoms with Crippen molar-refractivity contribution >= 4 is 22.4 Å². The lowest BCUT2D eigenvalue weighted by Crippen LogP contribution is -2.13. The molecule has 0 fully saturated rings. The molecule has 78 valence electrons. The van der Waals surface area contributed by atoms with Crippen LogP contribution in [0.5, 0.6) is 0 Å². The zero-order chi connectivity index (χ0) is 11.1. The van der Waals surface area contributed by atoms with Gasteiger partial charge in [0.25, 0.3) is 0 Å². The Morgan fingerprint density at radius 3 is 2.47 bits per heavy atom. The zero-order valence-electron chi connectivity index (χ0n) is 9.21. The number of hydrogen-bond acceptors (Lipinski definition) is 1. The molecule has 0 saturated carbocycles. The van der Waals surface area contributed by atoms with Gasteiger partial charge in [0.05, 0.1) is 0 Å². The maximum Gasteiger partial charge on any atom is 0.137 e. The minimum Gasteiger partial charge on any atom is -0.240 e. The van der Waals surface area contributed by atoms with Gasteiger partial charge in [-0.2, -0.15) is 0 Å². The first-order chi connectivity index (χ1) is 6.98. The summed E-state index contributed by atoms with van der Waals surface area (Å²) in [5, 5.41) is 2.77. The maximum atomic E-state index is 6.16. The summed E-state index contributed by atoms with van der Waals surface area (Å²) in [4.78, 5) is 4.44. The summed E-state index contributed by atoms with van der Waals surface area (Å²) in [6.45, 7) is 6.42. The highest BCUT2D eigenvalue weighted by Gasteiger charge is 2.16. The van der Waals surface area contributed by atoms with Crippen molar-refractivity contribution in [2.75, 3.05) is 0 Å². The molecule has 2 heteroatoms. The monoisotopic (exact) mass is 219 g/mol. The second-order valence-electron chi connectivity index (χ2n) is 4.77. The van der Waals surface area contributed by atoms with Gasteiger partial charge in [0.2, 0.25) is 0 Å². The molecule has 0 aliphatic rings. The van der Waals surface area contributed by atoms with Crippen LogP contribution in [-0.4, -0.2) is 4.98 Å². The molecule has 1 heterocycles. The summed E-state index contributed by atoms with van der Waals surface area (Å²) >= 11 is 6.16. The molecule has 0 aliphatic heterocycles. The molecular weight excluding hydrogens is 206 g/mol. The SMILES string of the molecule is CC(C)(C)c1cc2ccccc2c(Cl)n1. The first-order valence-corrected chi connectivity index (χ1v) is 5.42. The van der Waals surface area contributed by atoms with Crippen LogP contribution in [0.25, 0.3) is 10.8 Å². The molecule has 2 aromatic rings. The van der Waals surface area contributed by atoms with Gasteiger partial charge in [-0.25, -0.2) is 4.98 Å². The lowest BCUT2D eigenvalue weighted by Gasteiger charge is -2.18. The minimum absolute atomic E-state index is 0.0354. The average molecular weight is 220 g/mol. The Kier molecular flexibility index (Phi) is 2.43. The van der Waals surface area contributed by atoms with Gasteiger partial charge in [0.15, 0.2) is 0 Å². The van der Waals surface area contributed by atoms with E-state index >= 15 is 0 Å². The lowest BCUT2D eigenvalue weighted by atomic mass is 9.91. The maximum absolute atomic E-state index is 6.16. The van der Waals surface area contributed by atoms with E-state index in [1.807, 2.05) is 18.2 Å². The van der Waals surface area contributed by atoms with Gasteiger partial charge < -0.3 is 0 Å². The molecule has 1 nitrogen and oxygen atoms in total. The topological polar surface area (TPSA) is 12.9 Å². The normalized spacial score (nSPS) is 12.0. The highest BCUT2D eigenvalue weighted by molar-refractivity contribution is 6.34. The minimum atomic E-state index is 0.0354. The molecule has 1 aromatic carbocycles. The molecule has 0 N–H and O–H groups in total. The predicted molar refractivity (Wildman–Crippen MR) is 65.5 cm³/mol. The number of rotatable bonds is 0. The standard InChI is InChI=1S/C13H14ClN/c1-13(2,3)11-8-9-6-4-5-7-10(9)12(14)15-11/h4-8H,1-3H3. The number of halogens is 1. The van der Waals surface area contributed by atoms with E-state index in [0.29, 0.717) is 5.15 Å². The molecule has 0 amide bonds. The number of hydrogen-bond donors (Lipinski definition) is 0. The fourth-order valence-electron chi connectivity index (χ4n) is 1.54. The molecule has 2 rings (SSSR count). The first kappa shape index (κ1) is 10.4. The van der Waals surface area contributed by atoms with Crippen LogP contribution in [0.1, 0.15) is 26.5 Å². The van der Waals surface area contributed by atoms with E-state index in [-0.39, 0.29) is 5.41 Å². The molecular formula is C13H14ClN. The van der Waals surface area contributed by atoms with Crippen molar-refractivity contribution in [1.29, 1.82) is 0 Å². The van der Waals surface area contributed by atoms with Crippen molar-refractivity contribution in [2.24, 2.45) is 0 Å². The van der Waals surface area contributed by atoms with Crippen LogP contribution in [0.15, 0.2) is 30.3 Å². The van der Waals surface area contributed by atoms with E-state index in [4.69, 9.17) is 11.6 Å². The van der Waals surface area contributed by atoms with Crippen molar-refractivity contribution in [3.8, 4) is 0 Å². The zero-order valence-corrected chi connectivity index (χ0v) is 9.97. The fraction of sp³-hybridized carbons (Fsp3) is 0.308. The quantitative estimate of drug-likeness (QED) is 0.606. The van der Waals surface area contributed by atoms with Crippen molar-refractivity contribution in [3.05, 3.63) is 41.2 Å². The van der Waals surface area contributed by atoms with Crippen LogP contribution in [0, 0.1) is 0 Å². The summed E-state index contributed by atoms with van der Waals surface area (Å²) in [7, 11) is 0. The van der Waals surface area contributed by atoms with E-state index < -0.39 is 0 Å².